The maximum Gasteiger partial charge on any atom is 0.573 e. The highest BCUT2D eigenvalue weighted by Crippen LogP contribution is 2.43. The number of hydrogen-bond acceptors (Lipinski definition) is 4. The second kappa shape index (κ2) is 7.75. The number of alkyl halides is 3. The first-order chi connectivity index (χ1) is 12.7. The highest BCUT2D eigenvalue weighted by molar-refractivity contribution is 5.96. The van der Waals surface area contributed by atoms with Gasteiger partial charge < -0.3 is 14.5 Å². The molecule has 4 nitrogen and oxygen atoms in total. The molecule has 2 unspecified atom stereocenters. The van der Waals surface area contributed by atoms with Gasteiger partial charge in [-0.1, -0.05) is 13.8 Å². The molecular weight excluding hydrogens is 364 g/mol. The zero-order valence-corrected chi connectivity index (χ0v) is 15.5. The molecule has 150 valence electrons. The molecule has 0 radical (unpaired) electrons. The molecule has 27 heavy (non-hydrogen) atoms. The Kier molecular flexibility index (Phi) is 5.76. The molecular formula is C19H24F4N2O2. The highest BCUT2D eigenvalue weighted by atomic mass is 19.4. The molecule has 8 heteroatoms. The molecule has 2 atom stereocenters. The SMILES string of the molecule is CCN1CCN(CCC2C(=O)C(C)c3cc(OC(F)(F)F)c(F)cc32)CC1. The van der Waals surface area contributed by atoms with Crippen molar-refractivity contribution >= 4 is 5.78 Å². The van der Waals surface area contributed by atoms with E-state index in [1.807, 2.05) is 0 Å². The van der Waals surface area contributed by atoms with E-state index in [1.165, 1.54) is 0 Å². The van der Waals surface area contributed by atoms with Gasteiger partial charge in [-0.05, 0) is 42.8 Å². The fourth-order valence-electron chi connectivity index (χ4n) is 4.01. The minimum absolute atomic E-state index is 0.0687. The van der Waals surface area contributed by atoms with Gasteiger partial charge in [-0.25, -0.2) is 4.39 Å². The summed E-state index contributed by atoms with van der Waals surface area (Å²) in [6, 6.07) is 2.07. The Balaban J connectivity index is 1.72. The number of ketones is 1. The smallest absolute Gasteiger partial charge is 0.403 e. The molecule has 1 aliphatic carbocycles. The molecule has 0 saturated carbocycles. The van der Waals surface area contributed by atoms with E-state index in [0.717, 1.165) is 44.9 Å². The molecule has 1 aromatic carbocycles. The van der Waals surface area contributed by atoms with E-state index in [4.69, 9.17) is 0 Å². The van der Waals surface area contributed by atoms with Crippen molar-refractivity contribution in [1.82, 2.24) is 9.80 Å². The average molecular weight is 388 g/mol. The quantitative estimate of drug-likeness (QED) is 0.723. The van der Waals surface area contributed by atoms with Crippen LogP contribution in [0.5, 0.6) is 5.75 Å². The Hall–Kier alpha value is -1.67. The second-order valence-electron chi connectivity index (χ2n) is 7.20. The van der Waals surface area contributed by atoms with Gasteiger partial charge in [0.25, 0.3) is 0 Å². The lowest BCUT2D eigenvalue weighted by Crippen LogP contribution is -2.46. The van der Waals surface area contributed by atoms with Crippen LogP contribution in [-0.2, 0) is 4.79 Å². The third kappa shape index (κ3) is 4.43. The number of carbonyl (C=O) groups is 1. The average Bonchev–Trinajstić information content (AvgIpc) is 2.83. The molecule has 1 saturated heterocycles. The summed E-state index contributed by atoms with van der Waals surface area (Å²) in [5, 5.41) is 0. The van der Waals surface area contributed by atoms with Crippen LogP contribution in [0.1, 0.15) is 43.2 Å². The number of carbonyl (C=O) groups excluding carboxylic acids is 1. The van der Waals surface area contributed by atoms with E-state index < -0.39 is 29.8 Å². The van der Waals surface area contributed by atoms with Gasteiger partial charge in [0.2, 0.25) is 0 Å². The Bertz CT molecular complexity index is 700. The molecule has 0 bridgehead atoms. The lowest BCUT2D eigenvalue weighted by Gasteiger charge is -2.34. The summed E-state index contributed by atoms with van der Waals surface area (Å²) in [6.07, 6.45) is -4.43. The van der Waals surface area contributed by atoms with Crippen LogP contribution in [0.25, 0.3) is 0 Å². The first-order valence-electron chi connectivity index (χ1n) is 9.27. The van der Waals surface area contributed by atoms with Crippen molar-refractivity contribution in [2.45, 2.75) is 38.5 Å². The number of benzene rings is 1. The van der Waals surface area contributed by atoms with Gasteiger partial charge in [0, 0.05) is 38.0 Å². The van der Waals surface area contributed by atoms with Crippen LogP contribution in [0, 0.1) is 5.82 Å². The summed E-state index contributed by atoms with van der Waals surface area (Å²) in [6.45, 7) is 9.30. The molecule has 1 heterocycles. The van der Waals surface area contributed by atoms with Gasteiger partial charge in [0.05, 0.1) is 0 Å². The van der Waals surface area contributed by atoms with Crippen molar-refractivity contribution in [3.63, 3.8) is 0 Å². The normalized spacial score (nSPS) is 24.3. The van der Waals surface area contributed by atoms with Crippen molar-refractivity contribution in [1.29, 1.82) is 0 Å². The Morgan fingerprint density at radius 2 is 1.74 bits per heavy atom. The monoisotopic (exact) mass is 388 g/mol. The van der Waals surface area contributed by atoms with Gasteiger partial charge in [0.15, 0.2) is 11.6 Å². The maximum absolute atomic E-state index is 14.1. The van der Waals surface area contributed by atoms with Crippen LogP contribution in [0.3, 0.4) is 0 Å². The molecule has 2 aliphatic rings. The number of piperazine rings is 1. The summed E-state index contributed by atoms with van der Waals surface area (Å²) < 4.78 is 55.2. The number of rotatable bonds is 5. The van der Waals surface area contributed by atoms with E-state index in [-0.39, 0.29) is 5.78 Å². The Morgan fingerprint density at radius 1 is 1.11 bits per heavy atom. The van der Waals surface area contributed by atoms with Crippen molar-refractivity contribution in [3.8, 4) is 5.75 Å². The largest absolute Gasteiger partial charge is 0.573 e. The lowest BCUT2D eigenvalue weighted by molar-refractivity contribution is -0.275. The fourth-order valence-corrected chi connectivity index (χ4v) is 4.01. The van der Waals surface area contributed by atoms with Gasteiger partial charge >= 0.3 is 6.36 Å². The van der Waals surface area contributed by atoms with Crippen molar-refractivity contribution in [3.05, 3.63) is 29.1 Å². The minimum Gasteiger partial charge on any atom is -0.403 e. The molecule has 1 aliphatic heterocycles. The lowest BCUT2D eigenvalue weighted by atomic mass is 9.96. The van der Waals surface area contributed by atoms with E-state index in [9.17, 15) is 22.4 Å². The number of halogens is 4. The third-order valence-electron chi connectivity index (χ3n) is 5.62. The zero-order valence-electron chi connectivity index (χ0n) is 15.5. The number of Topliss-reactive ketones (excluding diaryl/α,β-unsaturated/α-hetero) is 1. The maximum atomic E-state index is 14.1. The first kappa shape index (κ1) is 20.1. The molecule has 1 fully saturated rings. The van der Waals surface area contributed by atoms with Crippen LogP contribution in [0.2, 0.25) is 0 Å². The van der Waals surface area contributed by atoms with Crippen LogP contribution >= 0.6 is 0 Å². The van der Waals surface area contributed by atoms with E-state index in [1.54, 1.807) is 6.92 Å². The zero-order chi connectivity index (χ0) is 19.8. The predicted octanol–water partition coefficient (Wildman–Crippen LogP) is 3.52. The van der Waals surface area contributed by atoms with Crippen molar-refractivity contribution in [2.75, 3.05) is 39.3 Å². The number of nitrogens with zero attached hydrogens (tertiary/aromatic N) is 2. The second-order valence-corrected chi connectivity index (χ2v) is 7.20. The first-order valence-corrected chi connectivity index (χ1v) is 9.27. The predicted molar refractivity (Wildman–Crippen MR) is 92.4 cm³/mol. The number of ether oxygens (including phenoxy) is 1. The van der Waals surface area contributed by atoms with Crippen LogP contribution in [0.15, 0.2) is 12.1 Å². The number of likely N-dealkylation sites (N-methyl/N-ethyl adjacent to an activating group) is 1. The fraction of sp³-hybridized carbons (Fsp3) is 0.632. The number of hydrogen-bond donors (Lipinski definition) is 0. The Labute approximate surface area is 156 Å². The van der Waals surface area contributed by atoms with E-state index >= 15 is 0 Å². The molecule has 3 rings (SSSR count). The summed E-state index contributed by atoms with van der Waals surface area (Å²) in [5.41, 5.74) is 0.924. The van der Waals surface area contributed by atoms with E-state index in [2.05, 4.69) is 21.5 Å². The van der Waals surface area contributed by atoms with Gasteiger partial charge in [-0.2, -0.15) is 0 Å². The van der Waals surface area contributed by atoms with Gasteiger partial charge in [-0.15, -0.1) is 13.2 Å². The van der Waals surface area contributed by atoms with Gasteiger partial charge in [-0.3, -0.25) is 4.79 Å². The van der Waals surface area contributed by atoms with Crippen molar-refractivity contribution < 1.29 is 27.1 Å². The molecule has 0 aromatic heterocycles. The molecule has 1 aromatic rings. The molecule has 0 N–H and O–H groups in total. The topological polar surface area (TPSA) is 32.8 Å². The minimum atomic E-state index is -4.97. The standard InChI is InChI=1S/C19H24F4N2O2/c1-3-24-6-8-25(9-7-24)5-4-13-15-10-16(20)17(27-19(21,22)23)11-14(15)12(2)18(13)26/h10-13H,3-9H2,1-2H3. The summed E-state index contributed by atoms with van der Waals surface area (Å²) >= 11 is 0. The van der Waals surface area contributed by atoms with Crippen LogP contribution in [-0.4, -0.2) is 61.2 Å². The summed E-state index contributed by atoms with van der Waals surface area (Å²) in [4.78, 5) is 17.3. The number of fused-ring (bicyclic) bond motifs is 1. The molecule has 0 spiro atoms. The highest BCUT2D eigenvalue weighted by Gasteiger charge is 2.39. The van der Waals surface area contributed by atoms with Gasteiger partial charge in [0.1, 0.15) is 5.78 Å². The van der Waals surface area contributed by atoms with Crippen LogP contribution in [0.4, 0.5) is 17.6 Å². The summed E-state index contributed by atoms with van der Waals surface area (Å²) in [7, 11) is 0. The van der Waals surface area contributed by atoms with Crippen molar-refractivity contribution in [2.24, 2.45) is 0 Å². The third-order valence-corrected chi connectivity index (χ3v) is 5.62. The Morgan fingerprint density at radius 3 is 2.33 bits per heavy atom. The summed E-state index contributed by atoms with van der Waals surface area (Å²) in [5.74, 6) is -3.07. The van der Waals surface area contributed by atoms with Crippen LogP contribution < -0.4 is 4.74 Å². The molecule has 0 amide bonds. The van der Waals surface area contributed by atoms with E-state index in [0.29, 0.717) is 24.1 Å².